The van der Waals surface area contributed by atoms with Crippen LogP contribution >= 0.6 is 0 Å². The normalized spacial score (nSPS) is 20.2. The third-order valence-electron chi connectivity index (χ3n) is 1.88. The predicted octanol–water partition coefficient (Wildman–Crippen LogP) is -0.816. The minimum absolute atomic E-state index is 0.153. The Morgan fingerprint density at radius 3 is 1.92 bits per heavy atom. The highest BCUT2D eigenvalue weighted by atomic mass is 16.3. The Labute approximate surface area is 73.6 Å². The van der Waals surface area contributed by atoms with Crippen molar-refractivity contribution >= 4 is 0 Å². The van der Waals surface area contributed by atoms with E-state index in [1.165, 1.54) is 0 Å². The molecule has 0 fully saturated rings. The molecule has 6 N–H and O–H groups in total. The molecule has 0 aromatic heterocycles. The third-order valence-corrected chi connectivity index (χ3v) is 1.88. The Hall–Kier alpha value is -0.160. The van der Waals surface area contributed by atoms with Crippen molar-refractivity contribution in [1.29, 1.82) is 0 Å². The first-order chi connectivity index (χ1) is 5.19. The summed E-state index contributed by atoms with van der Waals surface area (Å²) in [6, 6.07) is 0. The molecule has 0 spiro atoms. The Kier molecular flexibility index (Phi) is 3.65. The van der Waals surface area contributed by atoms with Gasteiger partial charge in [0.2, 0.25) is 0 Å². The molecule has 0 aromatic rings. The zero-order valence-corrected chi connectivity index (χ0v) is 8.04. The maximum Gasteiger partial charge on any atom is 0.0732 e. The van der Waals surface area contributed by atoms with Crippen LogP contribution in [-0.4, -0.2) is 34.0 Å². The van der Waals surface area contributed by atoms with E-state index in [1.54, 1.807) is 20.8 Å². The predicted molar refractivity (Wildman–Crippen MR) is 48.6 cm³/mol. The van der Waals surface area contributed by atoms with Crippen molar-refractivity contribution in [3.8, 4) is 0 Å². The van der Waals surface area contributed by atoms with E-state index in [4.69, 9.17) is 16.6 Å². The van der Waals surface area contributed by atoms with Gasteiger partial charge >= 0.3 is 0 Å². The molecular weight excluding hydrogens is 156 g/mol. The molecule has 4 heteroatoms. The molecule has 0 amide bonds. The highest BCUT2D eigenvalue weighted by Gasteiger charge is 2.29. The van der Waals surface area contributed by atoms with Crippen molar-refractivity contribution in [2.75, 3.05) is 6.61 Å². The molecule has 2 unspecified atom stereocenters. The van der Waals surface area contributed by atoms with E-state index in [2.05, 4.69) is 0 Å². The van der Waals surface area contributed by atoms with Crippen LogP contribution in [0.25, 0.3) is 0 Å². The van der Waals surface area contributed by atoms with Crippen molar-refractivity contribution in [2.24, 2.45) is 11.5 Å². The lowest BCUT2D eigenvalue weighted by Crippen LogP contribution is -2.52. The van der Waals surface area contributed by atoms with Crippen LogP contribution in [0.1, 0.15) is 27.2 Å². The molecule has 0 saturated carbocycles. The molecule has 0 aliphatic heterocycles. The van der Waals surface area contributed by atoms with Gasteiger partial charge in [0.25, 0.3) is 0 Å². The smallest absolute Gasteiger partial charge is 0.0732 e. The minimum atomic E-state index is -0.754. The van der Waals surface area contributed by atoms with Crippen LogP contribution in [0.5, 0.6) is 0 Å². The molecule has 2 atom stereocenters. The first kappa shape index (κ1) is 11.8. The van der Waals surface area contributed by atoms with E-state index in [9.17, 15) is 5.11 Å². The summed E-state index contributed by atoms with van der Waals surface area (Å²) >= 11 is 0. The number of nitrogens with two attached hydrogens (primary N) is 2. The molecule has 0 radical (unpaired) electrons. The van der Waals surface area contributed by atoms with Crippen molar-refractivity contribution in [2.45, 2.75) is 44.4 Å². The zero-order chi connectivity index (χ0) is 9.99. The Balaban J connectivity index is 4.09. The van der Waals surface area contributed by atoms with E-state index in [0.29, 0.717) is 6.42 Å². The molecule has 0 aliphatic rings. The maximum atomic E-state index is 9.54. The molecule has 0 rings (SSSR count). The number of rotatable bonds is 4. The lowest BCUT2D eigenvalue weighted by Gasteiger charge is -2.32. The quantitative estimate of drug-likeness (QED) is 0.450. The molecule has 0 aromatic carbocycles. The average molecular weight is 176 g/mol. The van der Waals surface area contributed by atoms with Crippen LogP contribution in [0.4, 0.5) is 0 Å². The molecular formula is C8H20N2O2. The fraction of sp³-hybridized carbons (Fsp3) is 1.00. The third kappa shape index (κ3) is 4.01. The van der Waals surface area contributed by atoms with E-state index >= 15 is 0 Å². The Morgan fingerprint density at radius 2 is 1.67 bits per heavy atom. The van der Waals surface area contributed by atoms with Gasteiger partial charge in [0.1, 0.15) is 0 Å². The number of hydrogen-bond donors (Lipinski definition) is 4. The standard InChI is InChI=1S/C8H20N2O2/c1-7(2,9)6(12)4-8(3,10)5-11/h6,11-12H,4-5,9-10H2,1-3H3. The first-order valence-electron chi connectivity index (χ1n) is 4.06. The molecule has 0 aliphatic carbocycles. The van der Waals surface area contributed by atoms with Crippen LogP contribution in [0.3, 0.4) is 0 Å². The monoisotopic (exact) mass is 176 g/mol. The number of hydrogen-bond acceptors (Lipinski definition) is 4. The van der Waals surface area contributed by atoms with Gasteiger partial charge < -0.3 is 21.7 Å². The second-order valence-electron chi connectivity index (χ2n) is 4.35. The van der Waals surface area contributed by atoms with Gasteiger partial charge in [0.15, 0.2) is 0 Å². The van der Waals surface area contributed by atoms with Gasteiger partial charge in [-0.05, 0) is 27.2 Å². The van der Waals surface area contributed by atoms with E-state index in [-0.39, 0.29) is 6.61 Å². The van der Waals surface area contributed by atoms with Gasteiger partial charge in [-0.25, -0.2) is 0 Å². The summed E-state index contributed by atoms with van der Waals surface area (Å²) in [6.45, 7) is 4.98. The molecule has 0 heterocycles. The topological polar surface area (TPSA) is 92.5 Å². The first-order valence-corrected chi connectivity index (χ1v) is 4.06. The van der Waals surface area contributed by atoms with Gasteiger partial charge in [0.05, 0.1) is 12.7 Å². The number of aliphatic hydroxyl groups excluding tert-OH is 2. The van der Waals surface area contributed by atoms with Gasteiger partial charge in [-0.3, -0.25) is 0 Å². The molecule has 74 valence electrons. The van der Waals surface area contributed by atoms with Gasteiger partial charge in [-0.15, -0.1) is 0 Å². The summed E-state index contributed by atoms with van der Waals surface area (Å²) < 4.78 is 0. The summed E-state index contributed by atoms with van der Waals surface area (Å²) in [6.07, 6.45) is -0.396. The summed E-state index contributed by atoms with van der Waals surface area (Å²) in [5.41, 5.74) is 9.88. The molecule has 0 bridgehead atoms. The fourth-order valence-electron chi connectivity index (χ4n) is 0.769. The summed E-state index contributed by atoms with van der Waals surface area (Å²) in [4.78, 5) is 0. The van der Waals surface area contributed by atoms with Gasteiger partial charge in [0, 0.05) is 11.1 Å². The second-order valence-corrected chi connectivity index (χ2v) is 4.35. The highest BCUT2D eigenvalue weighted by molar-refractivity contribution is 4.90. The molecule has 0 saturated heterocycles. The fourth-order valence-corrected chi connectivity index (χ4v) is 0.769. The van der Waals surface area contributed by atoms with Crippen molar-refractivity contribution < 1.29 is 10.2 Å². The lowest BCUT2D eigenvalue weighted by molar-refractivity contribution is 0.0587. The van der Waals surface area contributed by atoms with Crippen molar-refractivity contribution in [1.82, 2.24) is 0 Å². The largest absolute Gasteiger partial charge is 0.394 e. The van der Waals surface area contributed by atoms with Crippen molar-refractivity contribution in [3.05, 3.63) is 0 Å². The maximum absolute atomic E-state index is 9.54. The molecule has 4 nitrogen and oxygen atoms in total. The number of aliphatic hydroxyl groups is 2. The Morgan fingerprint density at radius 1 is 1.25 bits per heavy atom. The highest BCUT2D eigenvalue weighted by Crippen LogP contribution is 2.15. The van der Waals surface area contributed by atoms with E-state index < -0.39 is 17.2 Å². The summed E-state index contributed by atoms with van der Waals surface area (Å²) in [5, 5.41) is 18.4. The average Bonchev–Trinajstić information content (AvgIpc) is 1.85. The van der Waals surface area contributed by atoms with Crippen molar-refractivity contribution in [3.63, 3.8) is 0 Å². The SMILES string of the molecule is CC(N)(CO)CC(O)C(C)(C)N. The zero-order valence-electron chi connectivity index (χ0n) is 8.04. The minimum Gasteiger partial charge on any atom is -0.394 e. The van der Waals surface area contributed by atoms with Gasteiger partial charge in [-0.1, -0.05) is 0 Å². The second kappa shape index (κ2) is 3.70. The summed E-state index contributed by atoms with van der Waals surface area (Å²) in [5.74, 6) is 0. The van der Waals surface area contributed by atoms with Crippen LogP contribution in [0.2, 0.25) is 0 Å². The van der Waals surface area contributed by atoms with Crippen LogP contribution in [0, 0.1) is 0 Å². The van der Waals surface area contributed by atoms with E-state index in [0.717, 1.165) is 0 Å². The van der Waals surface area contributed by atoms with Crippen LogP contribution in [-0.2, 0) is 0 Å². The Bertz CT molecular complexity index is 140. The van der Waals surface area contributed by atoms with Crippen LogP contribution < -0.4 is 11.5 Å². The van der Waals surface area contributed by atoms with Crippen LogP contribution in [0.15, 0.2) is 0 Å². The van der Waals surface area contributed by atoms with E-state index in [1.807, 2.05) is 0 Å². The molecule has 12 heavy (non-hydrogen) atoms. The lowest BCUT2D eigenvalue weighted by atomic mass is 9.87. The van der Waals surface area contributed by atoms with Gasteiger partial charge in [-0.2, -0.15) is 0 Å². The summed E-state index contributed by atoms with van der Waals surface area (Å²) in [7, 11) is 0.